The van der Waals surface area contributed by atoms with Crippen LogP contribution in [0.5, 0.6) is 5.75 Å². The standard InChI is InChI=1S/C14H17O4/c1-2-16-12-9-7-11(8-10-12)14(15)18-17-13-5-3-4-6-13/h7-10H,2-6H2,1H3. The largest absolute Gasteiger partial charge is 0.494 e. The van der Waals surface area contributed by atoms with Crippen LogP contribution in [-0.4, -0.2) is 12.6 Å². The number of ether oxygens (including phenoxy) is 1. The van der Waals surface area contributed by atoms with Gasteiger partial charge in [-0.25, -0.2) is 4.79 Å². The maximum Gasteiger partial charge on any atom is 0.373 e. The van der Waals surface area contributed by atoms with Crippen LogP contribution in [0, 0.1) is 6.10 Å². The summed E-state index contributed by atoms with van der Waals surface area (Å²) in [6, 6.07) is 6.80. The summed E-state index contributed by atoms with van der Waals surface area (Å²) in [6.45, 7) is 2.51. The Balaban J connectivity index is 1.83. The monoisotopic (exact) mass is 249 g/mol. The van der Waals surface area contributed by atoms with E-state index in [2.05, 4.69) is 0 Å². The Bertz CT molecular complexity index is 379. The maximum absolute atomic E-state index is 11.7. The molecule has 2 rings (SSSR count). The van der Waals surface area contributed by atoms with E-state index in [-0.39, 0.29) is 0 Å². The van der Waals surface area contributed by atoms with Gasteiger partial charge >= 0.3 is 5.97 Å². The minimum atomic E-state index is -0.475. The number of benzene rings is 1. The second-order valence-corrected chi connectivity index (χ2v) is 4.16. The minimum Gasteiger partial charge on any atom is -0.494 e. The van der Waals surface area contributed by atoms with Crippen molar-refractivity contribution in [2.45, 2.75) is 32.6 Å². The SMILES string of the molecule is CCOc1ccc(C(=O)OO[C]2CCCC2)cc1. The highest BCUT2D eigenvalue weighted by molar-refractivity contribution is 5.89. The third-order valence-electron chi connectivity index (χ3n) is 2.80. The zero-order chi connectivity index (χ0) is 12.8. The van der Waals surface area contributed by atoms with Gasteiger partial charge in [0.15, 0.2) is 0 Å². The first-order chi connectivity index (χ1) is 8.79. The molecule has 18 heavy (non-hydrogen) atoms. The normalized spacial score (nSPS) is 15.6. The van der Waals surface area contributed by atoms with Gasteiger partial charge < -0.3 is 4.74 Å². The molecule has 1 aromatic rings. The van der Waals surface area contributed by atoms with Crippen molar-refractivity contribution in [1.82, 2.24) is 0 Å². The molecule has 0 aromatic heterocycles. The van der Waals surface area contributed by atoms with Gasteiger partial charge in [0.2, 0.25) is 0 Å². The van der Waals surface area contributed by atoms with Gasteiger partial charge in [-0.2, -0.15) is 4.89 Å². The lowest BCUT2D eigenvalue weighted by atomic mass is 10.2. The van der Waals surface area contributed by atoms with E-state index >= 15 is 0 Å². The molecule has 1 saturated carbocycles. The summed E-state index contributed by atoms with van der Waals surface area (Å²) in [7, 11) is 0. The second-order valence-electron chi connectivity index (χ2n) is 4.16. The van der Waals surface area contributed by atoms with Crippen LogP contribution in [0.4, 0.5) is 0 Å². The van der Waals surface area contributed by atoms with Crippen molar-refractivity contribution in [3.63, 3.8) is 0 Å². The lowest BCUT2D eigenvalue weighted by Gasteiger charge is -2.08. The first-order valence-electron chi connectivity index (χ1n) is 6.26. The number of hydrogen-bond acceptors (Lipinski definition) is 4. The van der Waals surface area contributed by atoms with E-state index in [9.17, 15) is 4.79 Å². The van der Waals surface area contributed by atoms with E-state index in [1.54, 1.807) is 24.3 Å². The van der Waals surface area contributed by atoms with E-state index in [0.717, 1.165) is 37.5 Å². The van der Waals surface area contributed by atoms with Gasteiger partial charge in [0.05, 0.1) is 12.2 Å². The highest BCUT2D eigenvalue weighted by Gasteiger charge is 2.20. The first-order valence-corrected chi connectivity index (χ1v) is 6.26. The van der Waals surface area contributed by atoms with Crippen LogP contribution in [0.1, 0.15) is 43.0 Å². The topological polar surface area (TPSA) is 44.8 Å². The van der Waals surface area contributed by atoms with Crippen LogP contribution in [0.3, 0.4) is 0 Å². The predicted molar refractivity (Wildman–Crippen MR) is 65.8 cm³/mol. The van der Waals surface area contributed by atoms with Crippen LogP contribution in [-0.2, 0) is 9.78 Å². The van der Waals surface area contributed by atoms with Crippen LogP contribution >= 0.6 is 0 Å². The molecule has 0 amide bonds. The lowest BCUT2D eigenvalue weighted by molar-refractivity contribution is -0.234. The second kappa shape index (κ2) is 6.40. The van der Waals surface area contributed by atoms with Gasteiger partial charge in [-0.15, -0.1) is 0 Å². The van der Waals surface area contributed by atoms with Crippen LogP contribution < -0.4 is 4.74 Å². The third kappa shape index (κ3) is 3.47. The molecule has 0 bridgehead atoms. The molecule has 0 aliphatic heterocycles. The summed E-state index contributed by atoms with van der Waals surface area (Å²) >= 11 is 0. The number of carbonyl (C=O) groups is 1. The molecule has 1 fully saturated rings. The van der Waals surface area contributed by atoms with Crippen molar-refractivity contribution >= 4 is 5.97 Å². The van der Waals surface area contributed by atoms with Gasteiger partial charge in [0, 0.05) is 0 Å². The average molecular weight is 249 g/mol. The van der Waals surface area contributed by atoms with Gasteiger partial charge in [0.1, 0.15) is 11.9 Å². The zero-order valence-electron chi connectivity index (χ0n) is 10.5. The lowest BCUT2D eigenvalue weighted by Crippen LogP contribution is -2.08. The predicted octanol–water partition coefficient (Wildman–Crippen LogP) is 3.28. The molecule has 4 nitrogen and oxygen atoms in total. The van der Waals surface area contributed by atoms with E-state index < -0.39 is 5.97 Å². The third-order valence-corrected chi connectivity index (χ3v) is 2.80. The Labute approximate surface area is 107 Å². The minimum absolute atomic E-state index is 0.456. The van der Waals surface area contributed by atoms with Gasteiger partial charge in [-0.1, -0.05) is 12.8 Å². The summed E-state index contributed by atoms with van der Waals surface area (Å²) in [5, 5.41) is 0. The van der Waals surface area contributed by atoms with E-state index in [1.165, 1.54) is 0 Å². The number of hydrogen-bond donors (Lipinski definition) is 0. The molecule has 0 unspecified atom stereocenters. The molecule has 97 valence electrons. The van der Waals surface area contributed by atoms with Crippen LogP contribution in [0.2, 0.25) is 0 Å². The Morgan fingerprint density at radius 1 is 1.17 bits per heavy atom. The Hall–Kier alpha value is -1.55. The molecule has 0 N–H and O–H groups in total. The molecule has 1 aromatic carbocycles. The summed E-state index contributed by atoms with van der Waals surface area (Å²) in [5.41, 5.74) is 0.456. The Morgan fingerprint density at radius 2 is 1.83 bits per heavy atom. The zero-order valence-corrected chi connectivity index (χ0v) is 10.5. The van der Waals surface area contributed by atoms with E-state index in [1.807, 2.05) is 6.92 Å². The summed E-state index contributed by atoms with van der Waals surface area (Å²) in [6.07, 6.45) is 4.84. The smallest absolute Gasteiger partial charge is 0.373 e. The summed E-state index contributed by atoms with van der Waals surface area (Å²) < 4.78 is 5.29. The van der Waals surface area contributed by atoms with Crippen LogP contribution in [0.15, 0.2) is 24.3 Å². The molecule has 4 heteroatoms. The van der Waals surface area contributed by atoms with Crippen molar-refractivity contribution in [3.8, 4) is 5.75 Å². The first kappa shape index (κ1) is 12.9. The number of rotatable bonds is 5. The molecule has 1 radical (unpaired) electrons. The van der Waals surface area contributed by atoms with E-state index in [0.29, 0.717) is 12.2 Å². The fourth-order valence-corrected chi connectivity index (χ4v) is 1.85. The molecule has 1 aliphatic rings. The molecule has 1 aliphatic carbocycles. The molecule has 0 atom stereocenters. The van der Waals surface area contributed by atoms with E-state index in [4.69, 9.17) is 14.5 Å². The summed E-state index contributed by atoms with van der Waals surface area (Å²) in [4.78, 5) is 21.5. The van der Waals surface area contributed by atoms with Gasteiger partial charge in [-0.05, 0) is 44.0 Å². The van der Waals surface area contributed by atoms with Crippen molar-refractivity contribution in [2.75, 3.05) is 6.61 Å². The van der Waals surface area contributed by atoms with Gasteiger partial charge in [0.25, 0.3) is 0 Å². The molecule has 0 saturated heterocycles. The average Bonchev–Trinajstić information content (AvgIpc) is 2.90. The fourth-order valence-electron chi connectivity index (χ4n) is 1.85. The van der Waals surface area contributed by atoms with Crippen LogP contribution in [0.25, 0.3) is 0 Å². The number of carbonyl (C=O) groups excluding carboxylic acids is 1. The van der Waals surface area contributed by atoms with Crippen molar-refractivity contribution in [1.29, 1.82) is 0 Å². The molecule has 0 heterocycles. The molecular weight excluding hydrogens is 232 g/mol. The molecule has 0 spiro atoms. The Kier molecular flexibility index (Phi) is 4.59. The van der Waals surface area contributed by atoms with Crippen molar-refractivity contribution in [2.24, 2.45) is 0 Å². The Morgan fingerprint density at radius 3 is 2.44 bits per heavy atom. The maximum atomic E-state index is 11.7. The highest BCUT2D eigenvalue weighted by Crippen LogP contribution is 2.28. The highest BCUT2D eigenvalue weighted by atomic mass is 17.2. The van der Waals surface area contributed by atoms with Crippen molar-refractivity contribution in [3.05, 3.63) is 35.9 Å². The molecular formula is C14H17O4. The summed E-state index contributed by atoms with van der Waals surface area (Å²) in [5.74, 6) is 0.262. The van der Waals surface area contributed by atoms with Crippen molar-refractivity contribution < 1.29 is 19.3 Å². The quantitative estimate of drug-likeness (QED) is 0.593. The van der Waals surface area contributed by atoms with Gasteiger partial charge in [-0.3, -0.25) is 4.89 Å². The fraction of sp³-hybridized carbons (Fsp3) is 0.429.